The van der Waals surface area contributed by atoms with Gasteiger partial charge in [0, 0.05) is 12.2 Å². The van der Waals surface area contributed by atoms with Gasteiger partial charge in [0.05, 0.1) is 43.8 Å². The Kier molecular flexibility index (Phi) is 11.7. The van der Waals surface area contributed by atoms with E-state index in [1.54, 1.807) is 20.8 Å². The Morgan fingerprint density at radius 3 is 2.28 bits per heavy atom. The van der Waals surface area contributed by atoms with Gasteiger partial charge in [0.25, 0.3) is 0 Å². The topological polar surface area (TPSA) is 151 Å². The quantitative estimate of drug-likeness (QED) is 0.210. The zero-order valence-corrected chi connectivity index (χ0v) is 19.1. The highest BCUT2D eigenvalue weighted by Crippen LogP contribution is 2.08. The number of quaternary nitrogens is 1. The summed E-state index contributed by atoms with van der Waals surface area (Å²) in [7, 11) is -0.438. The number of nitrogens with zero attached hydrogens (tertiary/aromatic N) is 1. The summed E-state index contributed by atoms with van der Waals surface area (Å²) in [6.45, 7) is 7.13. The highest BCUT2D eigenvalue weighted by atomic mass is 32.2. The molecule has 0 bridgehead atoms. The first-order chi connectivity index (χ1) is 13.2. The Bertz CT molecular complexity index is 616. The van der Waals surface area contributed by atoms with Gasteiger partial charge in [-0.15, -0.1) is 0 Å². The normalized spacial score (nSPS) is 13.6. The molecule has 0 radical (unpaired) electrons. The molecule has 172 valence electrons. The van der Waals surface area contributed by atoms with Crippen molar-refractivity contribution in [1.82, 2.24) is 10.6 Å². The Morgan fingerprint density at radius 2 is 1.76 bits per heavy atom. The minimum absolute atomic E-state index is 0.259. The lowest BCUT2D eigenvalue weighted by molar-refractivity contribution is -0.889. The highest BCUT2D eigenvalue weighted by molar-refractivity contribution is 7.85. The number of hydrogen-bond acceptors (Lipinski definition) is 7. The van der Waals surface area contributed by atoms with Gasteiger partial charge < -0.3 is 30.1 Å². The molecule has 0 aromatic heterocycles. The van der Waals surface area contributed by atoms with Crippen molar-refractivity contribution in [2.75, 3.05) is 46.0 Å². The Labute approximate surface area is 174 Å². The second kappa shape index (κ2) is 12.3. The van der Waals surface area contributed by atoms with E-state index in [0.29, 0.717) is 43.5 Å². The van der Waals surface area contributed by atoms with E-state index in [-0.39, 0.29) is 12.3 Å². The molecule has 2 amide bonds. The molecule has 10 nitrogen and oxygen atoms in total. The van der Waals surface area contributed by atoms with E-state index in [0.717, 1.165) is 6.42 Å². The molecule has 0 aromatic carbocycles. The molecule has 11 heteroatoms. The van der Waals surface area contributed by atoms with E-state index < -0.39 is 33.6 Å². The molecule has 0 aliphatic heterocycles. The molecular weight excluding hydrogens is 400 g/mol. The van der Waals surface area contributed by atoms with Crippen LogP contribution in [0.25, 0.3) is 0 Å². The van der Waals surface area contributed by atoms with Crippen molar-refractivity contribution in [2.45, 2.75) is 58.1 Å². The molecular formula is C18H38N4O6S. The van der Waals surface area contributed by atoms with Crippen molar-refractivity contribution in [3.8, 4) is 0 Å². The van der Waals surface area contributed by atoms with E-state index in [1.807, 2.05) is 14.1 Å². The number of amides is 2. The molecule has 0 rings (SSSR count). The smallest absolute Gasteiger partial charge is 0.408 e. The van der Waals surface area contributed by atoms with Gasteiger partial charge in [-0.05, 0) is 46.6 Å². The molecule has 0 aliphatic carbocycles. The summed E-state index contributed by atoms with van der Waals surface area (Å²) < 4.78 is 37.8. The lowest BCUT2D eigenvalue weighted by Gasteiger charge is -2.30. The van der Waals surface area contributed by atoms with Gasteiger partial charge in [0.2, 0.25) is 5.91 Å². The van der Waals surface area contributed by atoms with Crippen LogP contribution in [0.1, 0.15) is 46.5 Å². The average Bonchev–Trinajstić information content (AvgIpc) is 2.50. The fraction of sp³-hybridized carbons (Fsp3) is 0.889. The van der Waals surface area contributed by atoms with Gasteiger partial charge in [-0.3, -0.25) is 4.79 Å². The van der Waals surface area contributed by atoms with Gasteiger partial charge in [0.15, 0.2) is 0 Å². The van der Waals surface area contributed by atoms with Crippen LogP contribution >= 0.6 is 0 Å². The summed E-state index contributed by atoms with van der Waals surface area (Å²) in [5.74, 6) is -0.709. The van der Waals surface area contributed by atoms with Crippen LogP contribution in [0.15, 0.2) is 0 Å². The Morgan fingerprint density at radius 1 is 1.14 bits per heavy atom. The number of carbonyl (C=O) groups excluding carboxylic acids is 2. The molecule has 0 saturated heterocycles. The Balaban J connectivity index is 4.60. The van der Waals surface area contributed by atoms with Crippen LogP contribution in [0.2, 0.25) is 0 Å². The van der Waals surface area contributed by atoms with Crippen LogP contribution in [-0.4, -0.2) is 87.1 Å². The summed E-state index contributed by atoms with van der Waals surface area (Å²) in [6.07, 6.45) is 1.48. The second-order valence-electron chi connectivity index (χ2n) is 8.77. The predicted molar refractivity (Wildman–Crippen MR) is 110 cm³/mol. The van der Waals surface area contributed by atoms with Crippen molar-refractivity contribution in [3.63, 3.8) is 0 Å². The van der Waals surface area contributed by atoms with Crippen molar-refractivity contribution in [1.29, 1.82) is 0 Å². The van der Waals surface area contributed by atoms with E-state index in [9.17, 15) is 22.6 Å². The first-order valence-electron chi connectivity index (χ1n) is 9.88. The molecule has 4 N–H and O–H groups in total. The molecule has 29 heavy (non-hydrogen) atoms. The van der Waals surface area contributed by atoms with Crippen molar-refractivity contribution in [2.24, 2.45) is 5.73 Å². The van der Waals surface area contributed by atoms with Crippen molar-refractivity contribution >= 4 is 22.1 Å². The molecule has 1 unspecified atom stereocenters. The fourth-order valence-electron chi connectivity index (χ4n) is 2.60. The molecule has 0 saturated carbocycles. The number of unbranched alkanes of at least 4 members (excludes halogenated alkanes) is 1. The largest absolute Gasteiger partial charge is 0.748 e. The van der Waals surface area contributed by atoms with Crippen LogP contribution in [0.3, 0.4) is 0 Å². The maximum Gasteiger partial charge on any atom is 0.408 e. The minimum atomic E-state index is -4.22. The summed E-state index contributed by atoms with van der Waals surface area (Å²) in [4.78, 5) is 24.6. The number of hydrogen-bond donors (Lipinski definition) is 3. The van der Waals surface area contributed by atoms with Crippen molar-refractivity contribution in [3.05, 3.63) is 0 Å². The molecule has 0 aromatic rings. The highest BCUT2D eigenvalue weighted by Gasteiger charge is 2.24. The van der Waals surface area contributed by atoms with Gasteiger partial charge in [0.1, 0.15) is 11.6 Å². The van der Waals surface area contributed by atoms with E-state index in [1.165, 1.54) is 0 Å². The molecule has 0 heterocycles. The summed E-state index contributed by atoms with van der Waals surface area (Å²) in [6, 6.07) is -0.724. The first-order valence-corrected chi connectivity index (χ1v) is 11.5. The second-order valence-corrected chi connectivity index (χ2v) is 10.3. The van der Waals surface area contributed by atoms with Crippen LogP contribution in [0, 0.1) is 0 Å². The SMILES string of the molecule is CC(C)(C)OC(=O)NC(CCCCN)C(=O)NCC[N+](C)(C)CCCS(=O)(=O)[O-]. The third kappa shape index (κ3) is 16.1. The summed E-state index contributed by atoms with van der Waals surface area (Å²) in [5, 5.41) is 5.41. The number of carbonyl (C=O) groups is 2. The van der Waals surface area contributed by atoms with Crippen LogP contribution in [0.5, 0.6) is 0 Å². The molecule has 0 fully saturated rings. The first kappa shape index (κ1) is 27.6. The standard InChI is InChI=1S/C18H38N4O6S/c1-18(2,3)28-17(24)21-15(9-6-7-10-19)16(23)20-11-13-22(4,5)12-8-14-29(25,26)27/h15H,6-14,19H2,1-5H3,(H2-,20,21,23,24,25,26,27). The van der Waals surface area contributed by atoms with E-state index in [2.05, 4.69) is 10.6 Å². The number of alkyl carbamates (subject to hydrolysis) is 1. The lowest BCUT2D eigenvalue weighted by atomic mass is 10.1. The predicted octanol–water partition coefficient (Wildman–Crippen LogP) is 0.137. The Hall–Kier alpha value is -1.43. The lowest BCUT2D eigenvalue weighted by Crippen LogP contribution is -2.51. The van der Waals surface area contributed by atoms with Crippen LogP contribution in [-0.2, 0) is 19.6 Å². The maximum absolute atomic E-state index is 12.5. The van der Waals surface area contributed by atoms with Crippen LogP contribution in [0.4, 0.5) is 4.79 Å². The number of nitrogens with one attached hydrogen (secondary N) is 2. The molecule has 0 spiro atoms. The zero-order valence-electron chi connectivity index (χ0n) is 18.3. The fourth-order valence-corrected chi connectivity index (χ4v) is 3.08. The molecule has 1 atom stereocenters. The van der Waals surface area contributed by atoms with Crippen molar-refractivity contribution < 1.29 is 31.8 Å². The number of rotatable bonds is 13. The summed E-state index contributed by atoms with van der Waals surface area (Å²) >= 11 is 0. The maximum atomic E-state index is 12.5. The minimum Gasteiger partial charge on any atom is -0.748 e. The van der Waals surface area contributed by atoms with Crippen LogP contribution < -0.4 is 16.4 Å². The average molecular weight is 439 g/mol. The summed E-state index contributed by atoms with van der Waals surface area (Å²) in [5.41, 5.74) is 4.83. The van der Waals surface area contributed by atoms with Gasteiger partial charge in [-0.1, -0.05) is 0 Å². The van der Waals surface area contributed by atoms with Gasteiger partial charge in [-0.2, -0.15) is 0 Å². The third-order valence-electron chi connectivity index (χ3n) is 4.13. The third-order valence-corrected chi connectivity index (χ3v) is 4.92. The van der Waals surface area contributed by atoms with E-state index >= 15 is 0 Å². The number of likely N-dealkylation sites (N-methyl/N-ethyl adjacent to an activating group) is 1. The number of nitrogens with two attached hydrogens (primary N) is 1. The molecule has 0 aliphatic rings. The monoisotopic (exact) mass is 438 g/mol. The zero-order chi connectivity index (χ0) is 22.7. The van der Waals surface area contributed by atoms with Gasteiger partial charge in [-0.25, -0.2) is 13.2 Å². The number of ether oxygens (including phenoxy) is 1. The van der Waals surface area contributed by atoms with E-state index in [4.69, 9.17) is 10.5 Å². The van der Waals surface area contributed by atoms with Gasteiger partial charge >= 0.3 is 6.09 Å².